The van der Waals surface area contributed by atoms with E-state index in [1.54, 1.807) is 14.1 Å². The van der Waals surface area contributed by atoms with Gasteiger partial charge in [0.05, 0.1) is 0 Å². The second kappa shape index (κ2) is 5.15. The van der Waals surface area contributed by atoms with Crippen molar-refractivity contribution in [2.75, 3.05) is 21.1 Å². The molecule has 0 bridgehead atoms. The molecule has 0 saturated carbocycles. The van der Waals surface area contributed by atoms with Crippen LogP contribution in [-0.4, -0.2) is 32.1 Å². The molecule has 0 radical (unpaired) electrons. The van der Waals surface area contributed by atoms with Gasteiger partial charge in [-0.3, -0.25) is 4.79 Å². The normalized spacial score (nSPS) is 6.88. The molecule has 4 heteroatoms. The quantitative estimate of drug-likeness (QED) is 0.605. The fraction of sp³-hybridized carbons (Fsp3) is 0.750. The van der Waals surface area contributed by atoms with Crippen LogP contribution in [0.4, 0.5) is 4.79 Å². The topological polar surface area (TPSA) is 34.4 Å². The fourth-order valence-electron chi connectivity index (χ4n) is 0.200. The van der Waals surface area contributed by atoms with Gasteiger partial charge in [0, 0.05) is 0 Å². The molecule has 0 fully saturated rings. The number of carbonyl (C=O) groups is 1. The van der Waals surface area contributed by atoms with Gasteiger partial charge in [0.1, 0.15) is 0 Å². The Hall–Kier alpha value is 0.0103. The van der Waals surface area contributed by atoms with Crippen LogP contribution in [0.5, 0.6) is 0 Å². The Morgan fingerprint density at radius 1 is 1.50 bits per heavy atom. The van der Waals surface area contributed by atoms with Crippen LogP contribution in [0.25, 0.3) is 5.32 Å². The summed E-state index contributed by atoms with van der Waals surface area (Å²) in [6.45, 7) is 0. The van der Waals surface area contributed by atoms with Gasteiger partial charge in [-0.1, -0.05) is 21.1 Å². The van der Waals surface area contributed by atoms with Crippen LogP contribution in [0.2, 0.25) is 0 Å². The molecular weight excluding hydrogens is 289 g/mol. The molecule has 2 amide bonds. The summed E-state index contributed by atoms with van der Waals surface area (Å²) >= 11 is 0. The zero-order valence-electron chi connectivity index (χ0n) is 5.10. The van der Waals surface area contributed by atoms with Crippen molar-refractivity contribution in [3.8, 4) is 0 Å². The molecule has 52 valence electrons. The van der Waals surface area contributed by atoms with E-state index in [0.717, 1.165) is 0 Å². The van der Waals surface area contributed by atoms with Gasteiger partial charge < -0.3 is 10.2 Å². The average Bonchev–Trinajstić information content (AvgIpc) is 1.65. The van der Waals surface area contributed by atoms with E-state index in [0.29, 0.717) is 0 Å². The summed E-state index contributed by atoms with van der Waals surface area (Å²) in [4.78, 5) is 11.7. The Bertz CT molecular complexity index is 74.4. The molecule has 0 aromatic carbocycles. The zero-order valence-corrected chi connectivity index (χ0v) is 7.27. The Balaban J connectivity index is 0. The maximum atomic E-state index is 10.3. The van der Waals surface area contributed by atoms with Crippen LogP contribution in [0.3, 0.4) is 0 Å². The van der Waals surface area contributed by atoms with Crippen LogP contribution >= 0.6 is 0 Å². The van der Waals surface area contributed by atoms with E-state index < -0.39 is 0 Å². The van der Waals surface area contributed by atoms with Crippen molar-refractivity contribution in [1.29, 1.82) is 0 Å². The first-order valence-corrected chi connectivity index (χ1v) is 1.99. The van der Waals surface area contributed by atoms with Gasteiger partial charge in [0.2, 0.25) is 0 Å². The average molecular weight is 298 g/mol. The SMILES string of the molecule is C[N-]C(=O)N(C)C.[Au+]. The minimum absolute atomic E-state index is 0. The fourth-order valence-corrected chi connectivity index (χ4v) is 0.200. The molecule has 0 aliphatic carbocycles. The Morgan fingerprint density at radius 3 is 1.88 bits per heavy atom. The molecular formula is C4H9AuN2O. The minimum atomic E-state index is -0.194. The van der Waals surface area contributed by atoms with E-state index >= 15 is 0 Å². The third kappa shape index (κ3) is 4.18. The maximum Gasteiger partial charge on any atom is 1.00 e. The second-order valence-corrected chi connectivity index (χ2v) is 1.40. The molecule has 8 heavy (non-hydrogen) atoms. The van der Waals surface area contributed by atoms with E-state index in [1.807, 2.05) is 0 Å². The van der Waals surface area contributed by atoms with Crippen LogP contribution in [0, 0.1) is 0 Å². The van der Waals surface area contributed by atoms with Crippen LogP contribution in [0.1, 0.15) is 0 Å². The number of rotatable bonds is 0. The Kier molecular flexibility index (Phi) is 7.02. The van der Waals surface area contributed by atoms with E-state index in [2.05, 4.69) is 5.32 Å². The summed E-state index contributed by atoms with van der Waals surface area (Å²) in [6, 6.07) is -0.194. The first-order chi connectivity index (χ1) is 3.18. The molecule has 0 atom stereocenters. The van der Waals surface area contributed by atoms with Crippen LogP contribution in [-0.2, 0) is 22.4 Å². The van der Waals surface area contributed by atoms with Crippen molar-refractivity contribution in [3.05, 3.63) is 5.32 Å². The molecule has 0 N–H and O–H groups in total. The number of urea groups is 1. The van der Waals surface area contributed by atoms with E-state index in [-0.39, 0.29) is 28.4 Å². The van der Waals surface area contributed by atoms with Crippen molar-refractivity contribution in [1.82, 2.24) is 4.90 Å². The van der Waals surface area contributed by atoms with Crippen LogP contribution in [0.15, 0.2) is 0 Å². The molecule has 0 aromatic heterocycles. The van der Waals surface area contributed by atoms with Crippen molar-refractivity contribution < 1.29 is 27.2 Å². The molecule has 0 aliphatic rings. The first kappa shape index (κ1) is 10.9. The molecule has 0 aromatic rings. The summed E-state index contributed by atoms with van der Waals surface area (Å²) in [5, 5.41) is 3.38. The number of nitrogens with zero attached hydrogens (tertiary/aromatic N) is 2. The standard InChI is InChI=1S/C4H10N2O.Au/c1-5-4(7)6(2)3;/h1-3H3,(H,5,7);/q;+1/p-1. The molecule has 0 aliphatic heterocycles. The monoisotopic (exact) mass is 298 g/mol. The minimum Gasteiger partial charge on any atom is -0.443 e. The van der Waals surface area contributed by atoms with Gasteiger partial charge >= 0.3 is 22.4 Å². The summed E-state index contributed by atoms with van der Waals surface area (Å²) < 4.78 is 0. The van der Waals surface area contributed by atoms with Gasteiger partial charge in [-0.05, 0) is 0 Å². The molecule has 0 unspecified atom stereocenters. The van der Waals surface area contributed by atoms with Gasteiger partial charge in [-0.25, -0.2) is 0 Å². The molecule has 0 saturated heterocycles. The largest absolute Gasteiger partial charge is 1.00 e. The summed E-state index contributed by atoms with van der Waals surface area (Å²) in [5.74, 6) is 0. The van der Waals surface area contributed by atoms with E-state index in [1.165, 1.54) is 11.9 Å². The first-order valence-electron chi connectivity index (χ1n) is 1.99. The van der Waals surface area contributed by atoms with Crippen molar-refractivity contribution in [2.24, 2.45) is 0 Å². The smallest absolute Gasteiger partial charge is 0.443 e. The summed E-state index contributed by atoms with van der Waals surface area (Å²) in [7, 11) is 4.80. The van der Waals surface area contributed by atoms with E-state index in [9.17, 15) is 4.79 Å². The number of hydrogen-bond donors (Lipinski definition) is 0. The molecule has 3 nitrogen and oxygen atoms in total. The predicted molar refractivity (Wildman–Crippen MR) is 28.4 cm³/mol. The predicted octanol–water partition coefficient (Wildman–Crippen LogP) is 0.669. The zero-order chi connectivity index (χ0) is 5.86. The third-order valence-corrected chi connectivity index (χ3v) is 0.574. The van der Waals surface area contributed by atoms with Crippen LogP contribution < -0.4 is 0 Å². The number of amides is 2. The third-order valence-electron chi connectivity index (χ3n) is 0.574. The second-order valence-electron chi connectivity index (χ2n) is 1.40. The number of hydrogen-bond acceptors (Lipinski definition) is 1. The number of carbonyl (C=O) groups excluding carboxylic acids is 1. The van der Waals surface area contributed by atoms with Gasteiger partial charge in [0.25, 0.3) is 0 Å². The van der Waals surface area contributed by atoms with Crippen molar-refractivity contribution >= 4 is 6.03 Å². The van der Waals surface area contributed by atoms with E-state index in [4.69, 9.17) is 0 Å². The summed E-state index contributed by atoms with van der Waals surface area (Å²) in [6.07, 6.45) is 0. The van der Waals surface area contributed by atoms with Crippen molar-refractivity contribution in [2.45, 2.75) is 0 Å². The summed E-state index contributed by atoms with van der Waals surface area (Å²) in [5.41, 5.74) is 0. The molecule has 0 rings (SSSR count). The van der Waals surface area contributed by atoms with Gasteiger partial charge in [-0.15, -0.1) is 0 Å². The van der Waals surface area contributed by atoms with Gasteiger partial charge in [0.15, 0.2) is 6.03 Å². The Labute approximate surface area is 64.9 Å². The van der Waals surface area contributed by atoms with Crippen molar-refractivity contribution in [3.63, 3.8) is 0 Å². The van der Waals surface area contributed by atoms with Gasteiger partial charge in [-0.2, -0.15) is 0 Å². The Morgan fingerprint density at radius 2 is 1.88 bits per heavy atom. The molecule has 0 spiro atoms. The molecule has 0 heterocycles. The maximum absolute atomic E-state index is 10.3.